The van der Waals surface area contributed by atoms with Crippen molar-refractivity contribution < 1.29 is 9.90 Å². The quantitative estimate of drug-likeness (QED) is 0.899. The number of carboxylic acid groups (broad SMARTS) is 1. The van der Waals surface area contributed by atoms with Gasteiger partial charge < -0.3 is 15.3 Å². The third-order valence-electron chi connectivity index (χ3n) is 4.74. The minimum absolute atomic E-state index is 0.0882. The summed E-state index contributed by atoms with van der Waals surface area (Å²) in [7, 11) is 2.22. The molecule has 6 heteroatoms. The van der Waals surface area contributed by atoms with Gasteiger partial charge in [0.2, 0.25) is 0 Å². The van der Waals surface area contributed by atoms with E-state index in [9.17, 15) is 4.79 Å². The van der Waals surface area contributed by atoms with Crippen molar-refractivity contribution in [2.45, 2.75) is 50.2 Å². The minimum atomic E-state index is -1.09. The number of hydrogen-bond acceptors (Lipinski definition) is 4. The molecule has 3 rings (SSSR count). The first-order valence-electron chi connectivity index (χ1n) is 7.43. The van der Waals surface area contributed by atoms with Gasteiger partial charge in [0.15, 0.2) is 5.69 Å². The van der Waals surface area contributed by atoms with Crippen molar-refractivity contribution in [3.8, 4) is 0 Å². The molecule has 0 aromatic carbocycles. The van der Waals surface area contributed by atoms with Crippen LogP contribution < -0.4 is 5.32 Å². The Bertz CT molecular complexity index is 538. The molecule has 1 aromatic heterocycles. The van der Waals surface area contributed by atoms with Gasteiger partial charge in [0.1, 0.15) is 5.82 Å². The number of nitrogens with zero attached hydrogens (tertiary/aromatic N) is 2. The molecular formula is C15H20ClN3O2. The molecule has 5 nitrogen and oxygen atoms in total. The summed E-state index contributed by atoms with van der Waals surface area (Å²) in [6.45, 7) is 0. The fraction of sp³-hybridized carbons (Fsp3) is 0.600. The second-order valence-electron chi connectivity index (χ2n) is 6.05. The zero-order valence-electron chi connectivity index (χ0n) is 12.1. The number of anilines is 1. The molecule has 114 valence electrons. The van der Waals surface area contributed by atoms with E-state index in [-0.39, 0.29) is 10.7 Å². The summed E-state index contributed by atoms with van der Waals surface area (Å²) in [6.07, 6.45) is 5.98. The molecule has 3 heterocycles. The molecule has 2 atom stereocenters. The number of aromatic nitrogens is 1. The number of rotatable bonds is 3. The van der Waals surface area contributed by atoms with Gasteiger partial charge in [0.05, 0.1) is 5.02 Å². The second kappa shape index (κ2) is 5.81. The molecule has 0 saturated carbocycles. The van der Waals surface area contributed by atoms with Crippen molar-refractivity contribution in [3.63, 3.8) is 0 Å². The van der Waals surface area contributed by atoms with Gasteiger partial charge in [-0.1, -0.05) is 18.0 Å². The number of fused-ring (bicyclic) bond motifs is 2. The SMILES string of the molecule is CN1C2CCCC1CC(Nc1ccc(Cl)c(C(=O)O)n1)C2. The zero-order chi connectivity index (χ0) is 15.0. The smallest absolute Gasteiger partial charge is 0.356 e. The Balaban J connectivity index is 1.72. The Kier molecular flexibility index (Phi) is 4.04. The molecule has 0 spiro atoms. The van der Waals surface area contributed by atoms with Crippen LogP contribution in [0.4, 0.5) is 5.82 Å². The van der Waals surface area contributed by atoms with Crippen molar-refractivity contribution >= 4 is 23.4 Å². The lowest BCUT2D eigenvalue weighted by atomic mass is 9.82. The van der Waals surface area contributed by atoms with Crippen molar-refractivity contribution in [2.24, 2.45) is 0 Å². The summed E-state index contributed by atoms with van der Waals surface area (Å²) >= 11 is 5.85. The van der Waals surface area contributed by atoms with E-state index < -0.39 is 5.97 Å². The Hall–Kier alpha value is -1.33. The van der Waals surface area contributed by atoms with Crippen LogP contribution in [0, 0.1) is 0 Å². The summed E-state index contributed by atoms with van der Waals surface area (Å²) in [5.41, 5.74) is -0.0882. The van der Waals surface area contributed by atoms with Crippen LogP contribution >= 0.6 is 11.6 Å². The van der Waals surface area contributed by atoms with Crippen LogP contribution in [0.2, 0.25) is 5.02 Å². The Morgan fingerprint density at radius 3 is 2.67 bits per heavy atom. The number of carboxylic acids is 1. The predicted octanol–water partition coefficient (Wildman–Crippen LogP) is 2.86. The third kappa shape index (κ3) is 2.99. The molecule has 0 amide bonds. The van der Waals surface area contributed by atoms with Crippen molar-refractivity contribution in [1.82, 2.24) is 9.88 Å². The van der Waals surface area contributed by atoms with E-state index in [1.807, 2.05) is 0 Å². The van der Waals surface area contributed by atoms with Gasteiger partial charge in [-0.25, -0.2) is 9.78 Å². The van der Waals surface area contributed by atoms with Gasteiger partial charge in [0.25, 0.3) is 0 Å². The summed E-state index contributed by atoms with van der Waals surface area (Å²) in [6, 6.07) is 4.95. The van der Waals surface area contributed by atoms with Crippen LogP contribution in [-0.4, -0.2) is 46.1 Å². The van der Waals surface area contributed by atoms with Crippen molar-refractivity contribution in [3.05, 3.63) is 22.8 Å². The van der Waals surface area contributed by atoms with E-state index in [1.54, 1.807) is 12.1 Å². The maximum atomic E-state index is 11.1. The largest absolute Gasteiger partial charge is 0.476 e. The highest BCUT2D eigenvalue weighted by Gasteiger charge is 2.36. The second-order valence-corrected chi connectivity index (χ2v) is 6.46. The molecule has 2 unspecified atom stereocenters. The Morgan fingerprint density at radius 2 is 2.05 bits per heavy atom. The maximum absolute atomic E-state index is 11.1. The van der Waals surface area contributed by atoms with E-state index in [4.69, 9.17) is 16.7 Å². The van der Waals surface area contributed by atoms with E-state index in [0.717, 1.165) is 12.8 Å². The molecule has 2 fully saturated rings. The van der Waals surface area contributed by atoms with Crippen molar-refractivity contribution in [2.75, 3.05) is 12.4 Å². The topological polar surface area (TPSA) is 65.5 Å². The third-order valence-corrected chi connectivity index (χ3v) is 5.05. The molecule has 2 saturated heterocycles. The van der Waals surface area contributed by atoms with Crippen LogP contribution in [0.25, 0.3) is 0 Å². The number of aromatic carboxylic acids is 1. The van der Waals surface area contributed by atoms with Crippen LogP contribution in [0.1, 0.15) is 42.6 Å². The molecule has 1 aromatic rings. The number of hydrogen-bond donors (Lipinski definition) is 2. The summed E-state index contributed by atoms with van der Waals surface area (Å²) < 4.78 is 0. The number of piperidine rings is 2. The van der Waals surface area contributed by atoms with E-state index in [2.05, 4.69) is 22.2 Å². The maximum Gasteiger partial charge on any atom is 0.356 e. The molecule has 2 aliphatic rings. The van der Waals surface area contributed by atoms with Gasteiger partial charge in [-0.15, -0.1) is 0 Å². The van der Waals surface area contributed by atoms with Gasteiger partial charge in [-0.3, -0.25) is 0 Å². The Morgan fingerprint density at radius 1 is 1.38 bits per heavy atom. The fourth-order valence-corrected chi connectivity index (χ4v) is 3.80. The fourth-order valence-electron chi connectivity index (χ4n) is 3.62. The normalized spacial score (nSPS) is 29.1. The molecular weight excluding hydrogens is 290 g/mol. The van der Waals surface area contributed by atoms with Gasteiger partial charge in [-0.05, 0) is 44.9 Å². The highest BCUT2D eigenvalue weighted by atomic mass is 35.5. The highest BCUT2D eigenvalue weighted by molar-refractivity contribution is 6.33. The van der Waals surface area contributed by atoms with Gasteiger partial charge in [0, 0.05) is 18.1 Å². The van der Waals surface area contributed by atoms with Gasteiger partial charge in [-0.2, -0.15) is 0 Å². The van der Waals surface area contributed by atoms with Crippen LogP contribution in [0.3, 0.4) is 0 Å². The van der Waals surface area contributed by atoms with E-state index in [0.29, 0.717) is 23.9 Å². The van der Waals surface area contributed by atoms with Crippen LogP contribution in [0.5, 0.6) is 0 Å². The molecule has 2 bridgehead atoms. The van der Waals surface area contributed by atoms with Crippen LogP contribution in [0.15, 0.2) is 12.1 Å². The lowest BCUT2D eigenvalue weighted by Gasteiger charge is -2.47. The molecule has 0 radical (unpaired) electrons. The number of carbonyl (C=O) groups is 1. The zero-order valence-corrected chi connectivity index (χ0v) is 12.8. The van der Waals surface area contributed by atoms with E-state index >= 15 is 0 Å². The molecule has 21 heavy (non-hydrogen) atoms. The lowest BCUT2D eigenvalue weighted by molar-refractivity contribution is 0.0607. The molecule has 2 N–H and O–H groups in total. The Labute approximate surface area is 129 Å². The standard InChI is InChI=1S/C15H20ClN3O2/c1-19-10-3-2-4-11(19)8-9(7-10)17-13-6-5-12(16)14(18-13)15(20)21/h5-6,9-11H,2-4,7-8H2,1H3,(H,17,18)(H,20,21). The first-order chi connectivity index (χ1) is 10.0. The van der Waals surface area contributed by atoms with E-state index in [1.165, 1.54) is 19.3 Å². The van der Waals surface area contributed by atoms with Crippen LogP contribution in [-0.2, 0) is 0 Å². The summed E-state index contributed by atoms with van der Waals surface area (Å²) in [5, 5.41) is 12.6. The molecule has 0 aliphatic carbocycles. The highest BCUT2D eigenvalue weighted by Crippen LogP contribution is 2.33. The monoisotopic (exact) mass is 309 g/mol. The average molecular weight is 310 g/mol. The first-order valence-corrected chi connectivity index (χ1v) is 7.80. The number of pyridine rings is 1. The number of halogens is 1. The lowest BCUT2D eigenvalue weighted by Crippen LogP contribution is -2.52. The number of nitrogens with one attached hydrogen (secondary N) is 1. The predicted molar refractivity (Wildman–Crippen MR) is 82.0 cm³/mol. The molecule has 2 aliphatic heterocycles. The van der Waals surface area contributed by atoms with Crippen molar-refractivity contribution in [1.29, 1.82) is 0 Å². The summed E-state index contributed by atoms with van der Waals surface area (Å²) in [4.78, 5) is 17.7. The average Bonchev–Trinajstić information content (AvgIpc) is 2.42. The minimum Gasteiger partial charge on any atom is -0.476 e. The summed E-state index contributed by atoms with van der Waals surface area (Å²) in [5.74, 6) is -0.492. The van der Waals surface area contributed by atoms with Gasteiger partial charge >= 0.3 is 5.97 Å². The first kappa shape index (κ1) is 14.6.